The van der Waals surface area contributed by atoms with Crippen LogP contribution in [0.2, 0.25) is 0 Å². The van der Waals surface area contributed by atoms with E-state index < -0.39 is 23.3 Å². The second-order valence-electron chi connectivity index (χ2n) is 4.37. The number of hydrogen-bond donors (Lipinski definition) is 2. The highest BCUT2D eigenvalue weighted by atomic mass is 79.9. The van der Waals surface area contributed by atoms with E-state index in [1.165, 1.54) is 12.1 Å². The fourth-order valence-electron chi connectivity index (χ4n) is 1.32. The zero-order valence-electron chi connectivity index (χ0n) is 10.7. The smallest absolute Gasteiger partial charge is 0.404 e. The van der Waals surface area contributed by atoms with Crippen LogP contribution in [-0.4, -0.2) is 17.5 Å². The van der Waals surface area contributed by atoms with E-state index in [1.54, 1.807) is 13.8 Å². The molecule has 0 fully saturated rings. The van der Waals surface area contributed by atoms with E-state index in [0.29, 0.717) is 4.47 Å². The van der Waals surface area contributed by atoms with E-state index in [2.05, 4.69) is 38.6 Å². The van der Waals surface area contributed by atoms with Gasteiger partial charge in [0.25, 0.3) is 0 Å². The maximum absolute atomic E-state index is 12.3. The summed E-state index contributed by atoms with van der Waals surface area (Å²) in [5.41, 5.74) is -0.0600. The lowest BCUT2D eigenvalue weighted by molar-refractivity contribution is -0.274. The third kappa shape index (κ3) is 5.24. The lowest BCUT2D eigenvalue weighted by Crippen LogP contribution is -2.28. The van der Waals surface area contributed by atoms with Crippen LogP contribution >= 0.6 is 28.6 Å². The van der Waals surface area contributed by atoms with E-state index in [9.17, 15) is 18.0 Å². The molecule has 0 radical (unpaired) electrons. The van der Waals surface area contributed by atoms with Crippen molar-refractivity contribution < 1.29 is 22.7 Å². The number of anilines is 1. The van der Waals surface area contributed by atoms with Gasteiger partial charge in [-0.15, -0.1) is 13.2 Å². The van der Waals surface area contributed by atoms with Crippen molar-refractivity contribution in [1.29, 1.82) is 0 Å². The largest absolute Gasteiger partial charge is 0.573 e. The first-order valence-corrected chi connectivity index (χ1v) is 6.95. The molecular formula is C12H13BrF3NO2S. The van der Waals surface area contributed by atoms with Gasteiger partial charge in [0, 0.05) is 4.47 Å². The minimum Gasteiger partial charge on any atom is -0.404 e. The molecule has 112 valence electrons. The van der Waals surface area contributed by atoms with Crippen LogP contribution in [0.3, 0.4) is 0 Å². The van der Waals surface area contributed by atoms with Crippen LogP contribution < -0.4 is 10.1 Å². The number of amides is 1. The number of ether oxygens (including phenoxy) is 1. The number of alkyl halides is 3. The molecule has 1 atom stereocenters. The van der Waals surface area contributed by atoms with Crippen LogP contribution in [0.25, 0.3) is 0 Å². The Bertz CT molecular complexity index is 494. The third-order valence-corrected chi connectivity index (χ3v) is 3.65. The number of carbonyl (C=O) groups is 1. The second-order valence-corrected chi connectivity index (χ2v) is 5.84. The highest BCUT2D eigenvalue weighted by molar-refractivity contribution is 9.10. The summed E-state index contributed by atoms with van der Waals surface area (Å²) in [7, 11) is 0. The fraction of sp³-hybridized carbons (Fsp3) is 0.417. The summed E-state index contributed by atoms with van der Waals surface area (Å²) < 4.78 is 41.2. The van der Waals surface area contributed by atoms with Crippen molar-refractivity contribution in [3.8, 4) is 5.75 Å². The lowest BCUT2D eigenvalue weighted by Gasteiger charge is -2.17. The molecule has 1 unspecified atom stereocenters. The minimum atomic E-state index is -4.83. The van der Waals surface area contributed by atoms with Crippen LogP contribution in [0, 0.1) is 5.92 Å². The quantitative estimate of drug-likeness (QED) is 0.776. The van der Waals surface area contributed by atoms with Crippen LogP contribution in [0.1, 0.15) is 13.8 Å². The lowest BCUT2D eigenvalue weighted by atomic mass is 10.1. The van der Waals surface area contributed by atoms with Crippen molar-refractivity contribution in [2.45, 2.75) is 25.5 Å². The molecule has 0 aliphatic heterocycles. The third-order valence-electron chi connectivity index (χ3n) is 2.33. The molecule has 1 aromatic carbocycles. The van der Waals surface area contributed by atoms with Gasteiger partial charge in [0.2, 0.25) is 5.91 Å². The fourth-order valence-corrected chi connectivity index (χ4v) is 1.72. The molecule has 0 spiro atoms. The molecule has 0 aliphatic carbocycles. The normalized spacial score (nSPS) is 13.2. The summed E-state index contributed by atoms with van der Waals surface area (Å²) in [5.74, 6) is -1.03. The van der Waals surface area contributed by atoms with Gasteiger partial charge in [0.05, 0.1) is 10.9 Å². The number of thiol groups is 1. The Balaban J connectivity index is 2.97. The molecule has 1 amide bonds. The molecule has 0 bridgehead atoms. The Kier molecular flexibility index (Phi) is 5.76. The standard InChI is InChI=1S/C12H13BrF3NO2S/c1-6(2)10(20)11(18)17-8-4-3-7(13)5-9(8)19-12(14,15)16/h3-6,10,20H,1-2H3,(H,17,18). The molecule has 20 heavy (non-hydrogen) atoms. The first-order chi connectivity index (χ1) is 9.10. The van der Waals surface area contributed by atoms with Crippen molar-refractivity contribution in [3.05, 3.63) is 22.7 Å². The molecule has 0 heterocycles. The highest BCUT2D eigenvalue weighted by Crippen LogP contribution is 2.33. The van der Waals surface area contributed by atoms with Gasteiger partial charge < -0.3 is 10.1 Å². The predicted molar refractivity (Wildman–Crippen MR) is 77.1 cm³/mol. The molecule has 1 aromatic rings. The molecule has 8 heteroatoms. The average Bonchev–Trinajstić information content (AvgIpc) is 2.29. The average molecular weight is 372 g/mol. The number of benzene rings is 1. The number of carbonyl (C=O) groups excluding carboxylic acids is 1. The van der Waals surface area contributed by atoms with E-state index in [4.69, 9.17) is 0 Å². The maximum atomic E-state index is 12.3. The summed E-state index contributed by atoms with van der Waals surface area (Å²) in [6.45, 7) is 3.57. The van der Waals surface area contributed by atoms with Crippen molar-refractivity contribution in [1.82, 2.24) is 0 Å². The van der Waals surface area contributed by atoms with Gasteiger partial charge in [0.1, 0.15) is 0 Å². The summed E-state index contributed by atoms with van der Waals surface area (Å²) in [6.07, 6.45) is -4.83. The molecular weight excluding hydrogens is 359 g/mol. The number of rotatable bonds is 4. The van der Waals surface area contributed by atoms with Crippen LogP contribution in [0.15, 0.2) is 22.7 Å². The van der Waals surface area contributed by atoms with Gasteiger partial charge in [-0.2, -0.15) is 12.6 Å². The van der Waals surface area contributed by atoms with Crippen molar-refractivity contribution in [2.75, 3.05) is 5.32 Å². The molecule has 3 nitrogen and oxygen atoms in total. The second kappa shape index (κ2) is 6.71. The van der Waals surface area contributed by atoms with Gasteiger partial charge in [-0.05, 0) is 24.1 Å². The van der Waals surface area contributed by atoms with Crippen LogP contribution in [0.4, 0.5) is 18.9 Å². The van der Waals surface area contributed by atoms with Gasteiger partial charge in [0.15, 0.2) is 5.75 Å². The van der Waals surface area contributed by atoms with Gasteiger partial charge >= 0.3 is 6.36 Å². The Morgan fingerprint density at radius 2 is 2.00 bits per heavy atom. The van der Waals surface area contributed by atoms with Gasteiger partial charge in [-0.1, -0.05) is 29.8 Å². The van der Waals surface area contributed by atoms with Crippen LogP contribution in [-0.2, 0) is 4.79 Å². The molecule has 0 saturated heterocycles. The summed E-state index contributed by atoms with van der Waals surface area (Å²) in [6, 6.07) is 3.96. The van der Waals surface area contributed by atoms with Crippen molar-refractivity contribution in [3.63, 3.8) is 0 Å². The Morgan fingerprint density at radius 3 is 2.50 bits per heavy atom. The maximum Gasteiger partial charge on any atom is 0.573 e. The van der Waals surface area contributed by atoms with Gasteiger partial charge in [-0.25, -0.2) is 0 Å². The molecule has 1 rings (SSSR count). The number of nitrogens with one attached hydrogen (secondary N) is 1. The molecule has 0 aromatic heterocycles. The Labute approximate surface area is 128 Å². The Morgan fingerprint density at radius 1 is 1.40 bits per heavy atom. The van der Waals surface area contributed by atoms with E-state index in [1.807, 2.05) is 0 Å². The van der Waals surface area contributed by atoms with Gasteiger partial charge in [-0.3, -0.25) is 4.79 Å². The van der Waals surface area contributed by atoms with E-state index in [-0.39, 0.29) is 11.6 Å². The SMILES string of the molecule is CC(C)C(S)C(=O)Nc1ccc(Br)cc1OC(F)(F)F. The monoisotopic (exact) mass is 371 g/mol. The van der Waals surface area contributed by atoms with Crippen molar-refractivity contribution in [2.24, 2.45) is 5.92 Å². The first-order valence-electron chi connectivity index (χ1n) is 5.64. The topological polar surface area (TPSA) is 38.3 Å². The van der Waals surface area contributed by atoms with E-state index in [0.717, 1.165) is 6.07 Å². The van der Waals surface area contributed by atoms with Crippen LogP contribution in [0.5, 0.6) is 5.75 Å². The highest BCUT2D eigenvalue weighted by Gasteiger charge is 2.32. The summed E-state index contributed by atoms with van der Waals surface area (Å²) >= 11 is 7.15. The minimum absolute atomic E-state index is 0.0548. The zero-order chi connectivity index (χ0) is 15.5. The zero-order valence-corrected chi connectivity index (χ0v) is 13.1. The Hall–Kier alpha value is -0.890. The number of halogens is 4. The summed E-state index contributed by atoms with van der Waals surface area (Å²) in [4.78, 5) is 11.8. The van der Waals surface area contributed by atoms with Crippen molar-refractivity contribution >= 4 is 40.2 Å². The van der Waals surface area contributed by atoms with E-state index >= 15 is 0 Å². The predicted octanol–water partition coefficient (Wildman–Crippen LogP) is 4.24. The molecule has 0 saturated carbocycles. The first kappa shape index (κ1) is 17.2. The molecule has 1 N–H and O–H groups in total. The summed E-state index contributed by atoms with van der Waals surface area (Å²) in [5, 5.41) is 1.75. The molecule has 0 aliphatic rings. The number of hydrogen-bond acceptors (Lipinski definition) is 3.